The van der Waals surface area contributed by atoms with E-state index >= 15 is 0 Å². The van der Waals surface area contributed by atoms with Crippen LogP contribution in [0.1, 0.15) is 25.3 Å². The highest BCUT2D eigenvalue weighted by molar-refractivity contribution is 5.94. The number of carbonyl (C=O) groups excluding carboxylic acids is 2. The molecule has 6 nitrogen and oxygen atoms in total. The predicted octanol–water partition coefficient (Wildman–Crippen LogP) is 5.72. The highest BCUT2D eigenvalue weighted by Gasteiger charge is 2.49. The summed E-state index contributed by atoms with van der Waals surface area (Å²) in [5.74, 6) is 0. The fraction of sp³-hybridized carbons (Fsp3) is 0.250. The smallest absolute Gasteiger partial charge is 0.333 e. The molecular formula is C24H23F3N4O2. The molecule has 0 heterocycles. The van der Waals surface area contributed by atoms with Crippen molar-refractivity contribution in [1.82, 2.24) is 10.6 Å². The molecule has 1 unspecified atom stereocenters. The summed E-state index contributed by atoms with van der Waals surface area (Å²) < 4.78 is 38.0. The first-order chi connectivity index (χ1) is 15.6. The first-order valence-electron chi connectivity index (χ1n) is 10.5. The lowest BCUT2D eigenvalue weighted by Crippen LogP contribution is -2.54. The van der Waals surface area contributed by atoms with E-state index in [1.54, 1.807) is 6.92 Å². The van der Waals surface area contributed by atoms with Crippen molar-refractivity contribution in [1.29, 1.82) is 0 Å². The number of halogens is 3. The van der Waals surface area contributed by atoms with Crippen LogP contribution in [-0.4, -0.2) is 23.6 Å². The maximum absolute atomic E-state index is 12.7. The molecule has 3 aromatic rings. The van der Waals surface area contributed by atoms with E-state index in [1.807, 2.05) is 42.5 Å². The van der Waals surface area contributed by atoms with E-state index in [9.17, 15) is 22.8 Å². The fourth-order valence-corrected chi connectivity index (χ4v) is 3.70. The van der Waals surface area contributed by atoms with Crippen LogP contribution in [0.5, 0.6) is 0 Å². The van der Waals surface area contributed by atoms with Crippen molar-refractivity contribution in [3.63, 3.8) is 0 Å². The van der Waals surface area contributed by atoms with Gasteiger partial charge in [-0.2, -0.15) is 13.2 Å². The molecule has 0 radical (unpaired) electrons. The standard InChI is InChI=1S/C24H23F3N4O2/c1-15(28-21(32)29-19-10-7-18(8-11-19)24(25,26)27)23(12-13-23)31-22(33)30-20-9-6-16-4-2-3-5-17(16)14-20/h2-11,14-15H,12-13H2,1H3,(H2,28,29,32)(H2,30,31,33). The van der Waals surface area contributed by atoms with Crippen LogP contribution in [0.2, 0.25) is 0 Å². The van der Waals surface area contributed by atoms with Gasteiger partial charge in [0, 0.05) is 11.4 Å². The second-order valence-corrected chi connectivity index (χ2v) is 8.19. The number of fused-ring (bicyclic) bond motifs is 1. The third-order valence-electron chi connectivity index (χ3n) is 5.81. The van der Waals surface area contributed by atoms with Gasteiger partial charge in [0.2, 0.25) is 0 Å². The number of benzene rings is 3. The molecular weight excluding hydrogens is 433 g/mol. The van der Waals surface area contributed by atoms with E-state index in [-0.39, 0.29) is 11.7 Å². The number of rotatable bonds is 5. The van der Waals surface area contributed by atoms with E-state index in [1.165, 1.54) is 12.1 Å². The van der Waals surface area contributed by atoms with E-state index in [2.05, 4.69) is 21.3 Å². The number of nitrogens with one attached hydrogen (secondary N) is 4. The maximum atomic E-state index is 12.7. The molecule has 1 aliphatic rings. The van der Waals surface area contributed by atoms with Gasteiger partial charge in [0.1, 0.15) is 0 Å². The number of alkyl halides is 3. The molecule has 9 heteroatoms. The van der Waals surface area contributed by atoms with Crippen LogP contribution < -0.4 is 21.3 Å². The molecule has 0 spiro atoms. The molecule has 4 rings (SSSR count). The highest BCUT2D eigenvalue weighted by Crippen LogP contribution is 2.39. The quantitative estimate of drug-likeness (QED) is 0.396. The second-order valence-electron chi connectivity index (χ2n) is 8.19. The summed E-state index contributed by atoms with van der Waals surface area (Å²) in [6.45, 7) is 1.77. The van der Waals surface area contributed by atoms with Gasteiger partial charge in [0.25, 0.3) is 0 Å². The SMILES string of the molecule is CC(NC(=O)Nc1ccc(C(F)(F)F)cc1)C1(NC(=O)Nc2ccc3ccccc3c2)CC1. The van der Waals surface area contributed by atoms with Crippen molar-refractivity contribution in [2.75, 3.05) is 10.6 Å². The molecule has 0 aromatic heterocycles. The van der Waals surface area contributed by atoms with Gasteiger partial charge >= 0.3 is 18.2 Å². The Kier molecular flexibility index (Phi) is 5.88. The molecule has 1 atom stereocenters. The number of urea groups is 2. The lowest BCUT2D eigenvalue weighted by molar-refractivity contribution is -0.137. The van der Waals surface area contributed by atoms with Gasteiger partial charge in [-0.1, -0.05) is 30.3 Å². The summed E-state index contributed by atoms with van der Waals surface area (Å²) >= 11 is 0. The minimum absolute atomic E-state index is 0.236. The van der Waals surface area contributed by atoms with Gasteiger partial charge < -0.3 is 21.3 Å². The van der Waals surface area contributed by atoms with Crippen LogP contribution in [0.25, 0.3) is 10.8 Å². The van der Waals surface area contributed by atoms with Gasteiger partial charge in [0.15, 0.2) is 0 Å². The van der Waals surface area contributed by atoms with Gasteiger partial charge in [-0.25, -0.2) is 9.59 Å². The lowest BCUT2D eigenvalue weighted by atomic mass is 10.1. The largest absolute Gasteiger partial charge is 0.416 e. The summed E-state index contributed by atoms with van der Waals surface area (Å²) in [6, 6.07) is 16.3. The van der Waals surface area contributed by atoms with Crippen molar-refractivity contribution in [2.45, 2.75) is 37.5 Å². The average molecular weight is 456 g/mol. The highest BCUT2D eigenvalue weighted by atomic mass is 19.4. The molecule has 1 aliphatic carbocycles. The van der Waals surface area contributed by atoms with Crippen molar-refractivity contribution in [3.8, 4) is 0 Å². The van der Waals surface area contributed by atoms with Gasteiger partial charge in [0.05, 0.1) is 17.1 Å². The van der Waals surface area contributed by atoms with Crippen LogP contribution in [0.15, 0.2) is 66.7 Å². The van der Waals surface area contributed by atoms with Crippen molar-refractivity contribution in [2.24, 2.45) is 0 Å². The van der Waals surface area contributed by atoms with Gasteiger partial charge in [-0.3, -0.25) is 0 Å². The molecule has 0 aliphatic heterocycles. The van der Waals surface area contributed by atoms with E-state index in [0.717, 1.165) is 22.9 Å². The molecule has 1 saturated carbocycles. The van der Waals surface area contributed by atoms with E-state index < -0.39 is 29.4 Å². The monoisotopic (exact) mass is 456 g/mol. The van der Waals surface area contributed by atoms with Crippen LogP contribution in [0.4, 0.5) is 34.1 Å². The first kappa shape index (κ1) is 22.4. The molecule has 3 aromatic carbocycles. The topological polar surface area (TPSA) is 82.3 Å². The number of hydrogen-bond acceptors (Lipinski definition) is 2. The van der Waals surface area contributed by atoms with Crippen molar-refractivity contribution in [3.05, 3.63) is 72.3 Å². The third kappa shape index (κ3) is 5.36. The van der Waals surface area contributed by atoms with Crippen LogP contribution in [0.3, 0.4) is 0 Å². The lowest BCUT2D eigenvalue weighted by Gasteiger charge is -2.26. The predicted molar refractivity (Wildman–Crippen MR) is 121 cm³/mol. The maximum Gasteiger partial charge on any atom is 0.416 e. The van der Waals surface area contributed by atoms with Crippen LogP contribution in [-0.2, 0) is 6.18 Å². The number of amides is 4. The normalized spacial score (nSPS) is 15.4. The molecule has 33 heavy (non-hydrogen) atoms. The molecule has 4 N–H and O–H groups in total. The molecule has 172 valence electrons. The summed E-state index contributed by atoms with van der Waals surface area (Å²) in [4.78, 5) is 24.9. The number of carbonyl (C=O) groups is 2. The number of anilines is 2. The Morgan fingerprint density at radius 2 is 1.45 bits per heavy atom. The molecule has 4 amide bonds. The Morgan fingerprint density at radius 1 is 0.848 bits per heavy atom. The van der Waals surface area contributed by atoms with Crippen molar-refractivity contribution >= 4 is 34.2 Å². The van der Waals surface area contributed by atoms with Crippen molar-refractivity contribution < 1.29 is 22.8 Å². The minimum Gasteiger partial charge on any atom is -0.333 e. The van der Waals surface area contributed by atoms with Crippen LogP contribution >= 0.6 is 0 Å². The zero-order valence-corrected chi connectivity index (χ0v) is 17.8. The summed E-state index contributed by atoms with van der Waals surface area (Å²) in [6.07, 6.45) is -3.05. The van der Waals surface area contributed by atoms with Gasteiger partial charge in [-0.05, 0) is 66.9 Å². The fourth-order valence-electron chi connectivity index (χ4n) is 3.70. The summed E-state index contributed by atoms with van der Waals surface area (Å²) in [5, 5.41) is 13.1. The molecule has 1 fully saturated rings. The Hall–Kier alpha value is -3.75. The first-order valence-corrected chi connectivity index (χ1v) is 10.5. The van der Waals surface area contributed by atoms with Gasteiger partial charge in [-0.15, -0.1) is 0 Å². The Labute approximate surface area is 188 Å². The molecule has 0 bridgehead atoms. The zero-order valence-electron chi connectivity index (χ0n) is 17.8. The molecule has 0 saturated heterocycles. The summed E-state index contributed by atoms with van der Waals surface area (Å²) in [5.41, 5.74) is -0.485. The Bertz CT molecular complexity index is 1170. The van der Waals surface area contributed by atoms with Crippen LogP contribution in [0, 0.1) is 0 Å². The third-order valence-corrected chi connectivity index (χ3v) is 5.81. The summed E-state index contributed by atoms with van der Waals surface area (Å²) in [7, 11) is 0. The Balaban J connectivity index is 1.31. The Morgan fingerprint density at radius 3 is 2.09 bits per heavy atom. The average Bonchev–Trinajstić information content (AvgIpc) is 3.54. The second kappa shape index (κ2) is 8.65. The number of hydrogen-bond donors (Lipinski definition) is 4. The van der Waals surface area contributed by atoms with E-state index in [0.29, 0.717) is 18.5 Å². The zero-order chi connectivity index (χ0) is 23.6. The minimum atomic E-state index is -4.44. The van der Waals surface area contributed by atoms with E-state index in [4.69, 9.17) is 0 Å².